The highest BCUT2D eigenvalue weighted by Crippen LogP contribution is 2.34. The number of halogens is 2. The van der Waals surface area contributed by atoms with E-state index in [-0.39, 0.29) is 34.3 Å². The lowest BCUT2D eigenvalue weighted by Gasteiger charge is -2.21. The predicted molar refractivity (Wildman–Crippen MR) is 133 cm³/mol. The number of carbonyl (C=O) groups excluding carboxylic acids is 2. The van der Waals surface area contributed by atoms with Crippen LogP contribution in [-0.2, 0) is 11.2 Å². The number of carbonyl (C=O) groups is 2. The lowest BCUT2D eigenvalue weighted by molar-refractivity contribution is -0.117. The van der Waals surface area contributed by atoms with Crippen LogP contribution in [0.2, 0.25) is 0 Å². The number of anilines is 2. The van der Waals surface area contributed by atoms with Crippen LogP contribution in [0.3, 0.4) is 0 Å². The first-order valence-electron chi connectivity index (χ1n) is 11.3. The van der Waals surface area contributed by atoms with Crippen LogP contribution >= 0.6 is 0 Å². The molecule has 190 valence electrons. The first kappa shape index (κ1) is 26.9. The van der Waals surface area contributed by atoms with Crippen molar-refractivity contribution in [2.24, 2.45) is 11.1 Å². The summed E-state index contributed by atoms with van der Waals surface area (Å²) >= 11 is 0. The van der Waals surface area contributed by atoms with Crippen molar-refractivity contribution in [3.63, 3.8) is 0 Å². The monoisotopic (exact) mass is 498 g/mol. The number of nitrogen functional groups attached to an aromatic ring is 1. The van der Waals surface area contributed by atoms with Gasteiger partial charge < -0.3 is 16.0 Å². The maximum atomic E-state index is 13.7. The SMILES string of the molecule is [B]C(F)(F)C(C)n1nc(-c2ccc(C(C)C(=O)Nc3cc(CC(C)(C)C)no3)cc2)c(C(N)=O)c1N. The zero-order valence-electron chi connectivity index (χ0n) is 20.8. The molecule has 2 heterocycles. The maximum Gasteiger partial charge on any atom is 0.254 e. The fourth-order valence-corrected chi connectivity index (χ4v) is 3.66. The smallest absolute Gasteiger partial charge is 0.254 e. The van der Waals surface area contributed by atoms with Crippen molar-refractivity contribution in [1.82, 2.24) is 14.9 Å². The van der Waals surface area contributed by atoms with Crippen molar-refractivity contribution in [2.45, 2.75) is 58.8 Å². The van der Waals surface area contributed by atoms with Gasteiger partial charge in [0.2, 0.25) is 17.6 Å². The normalized spacial score (nSPS) is 13.9. The molecule has 9 nitrogen and oxygen atoms in total. The van der Waals surface area contributed by atoms with Gasteiger partial charge in [0, 0.05) is 11.6 Å². The Kier molecular flexibility index (Phi) is 7.29. The molecule has 0 saturated carbocycles. The molecule has 2 unspecified atom stereocenters. The topological polar surface area (TPSA) is 142 Å². The molecule has 2 atom stereocenters. The molecule has 5 N–H and O–H groups in total. The molecule has 0 spiro atoms. The Morgan fingerprint density at radius 2 is 1.81 bits per heavy atom. The zero-order chi connectivity index (χ0) is 27.0. The molecule has 0 saturated heterocycles. The highest BCUT2D eigenvalue weighted by molar-refractivity contribution is 6.13. The van der Waals surface area contributed by atoms with Gasteiger partial charge in [-0.15, -0.1) is 0 Å². The Labute approximate surface area is 209 Å². The summed E-state index contributed by atoms with van der Waals surface area (Å²) in [6.07, 6.45) is 0.693. The first-order chi connectivity index (χ1) is 16.6. The Morgan fingerprint density at radius 1 is 1.19 bits per heavy atom. The molecular formula is C24H29BF2N6O3. The van der Waals surface area contributed by atoms with Crippen molar-refractivity contribution >= 4 is 31.4 Å². The number of aromatic nitrogens is 3. The van der Waals surface area contributed by atoms with Gasteiger partial charge in [-0.05, 0) is 31.2 Å². The summed E-state index contributed by atoms with van der Waals surface area (Å²) in [5.74, 6) is -5.49. The number of alkyl halides is 2. The third kappa shape index (κ3) is 5.92. The summed E-state index contributed by atoms with van der Waals surface area (Å²) in [5, 5.41) is 10.8. The molecule has 2 amide bonds. The summed E-state index contributed by atoms with van der Waals surface area (Å²) < 4.78 is 33.3. The van der Waals surface area contributed by atoms with Crippen LogP contribution in [0.4, 0.5) is 20.5 Å². The standard InChI is InChI=1S/C24H29BF2N6O3/c1-12(22(35)30-17-10-16(32-36-17)11-23(3,4)5)14-6-8-15(9-7-14)19-18(21(29)34)20(28)33(31-19)13(2)24(25,26)27/h6-10,12-13H,11,28H2,1-5H3,(H2,29,34)(H,30,35). The molecular weight excluding hydrogens is 469 g/mol. The molecule has 36 heavy (non-hydrogen) atoms. The van der Waals surface area contributed by atoms with Crippen molar-refractivity contribution in [3.8, 4) is 11.3 Å². The molecule has 0 bridgehead atoms. The van der Waals surface area contributed by atoms with E-state index >= 15 is 0 Å². The molecule has 1 aromatic carbocycles. The molecule has 3 rings (SSSR count). The molecule has 2 aromatic heterocycles. The van der Waals surface area contributed by atoms with E-state index in [0.717, 1.165) is 17.3 Å². The number of primary amides is 1. The summed E-state index contributed by atoms with van der Waals surface area (Å²) in [6, 6.07) is 6.58. The summed E-state index contributed by atoms with van der Waals surface area (Å²) in [5.41, 5.74) is 13.0. The molecule has 12 heteroatoms. The van der Waals surface area contributed by atoms with Gasteiger partial charge in [0.05, 0.1) is 11.6 Å². The van der Waals surface area contributed by atoms with E-state index in [9.17, 15) is 18.4 Å². The molecule has 0 aliphatic rings. The van der Waals surface area contributed by atoms with Crippen LogP contribution in [0.15, 0.2) is 34.9 Å². The fourth-order valence-electron chi connectivity index (χ4n) is 3.66. The van der Waals surface area contributed by atoms with Crippen molar-refractivity contribution < 1.29 is 22.9 Å². The maximum absolute atomic E-state index is 13.7. The number of nitrogens with one attached hydrogen (secondary N) is 1. The summed E-state index contributed by atoms with van der Waals surface area (Å²) in [7, 11) is 4.90. The van der Waals surface area contributed by atoms with Crippen LogP contribution in [-0.4, -0.2) is 40.4 Å². The summed E-state index contributed by atoms with van der Waals surface area (Å²) in [4.78, 5) is 24.8. The lowest BCUT2D eigenvalue weighted by atomic mass is 9.91. The minimum Gasteiger partial charge on any atom is -0.383 e. The first-order valence-corrected chi connectivity index (χ1v) is 11.3. The van der Waals surface area contributed by atoms with E-state index in [1.165, 1.54) is 0 Å². The van der Waals surface area contributed by atoms with E-state index in [0.29, 0.717) is 17.5 Å². The Balaban J connectivity index is 1.81. The van der Waals surface area contributed by atoms with Crippen LogP contribution in [0.1, 0.15) is 68.2 Å². The van der Waals surface area contributed by atoms with E-state index in [1.807, 2.05) is 0 Å². The predicted octanol–water partition coefficient (Wildman–Crippen LogP) is 3.87. The van der Waals surface area contributed by atoms with Gasteiger partial charge in [-0.1, -0.05) is 50.2 Å². The van der Waals surface area contributed by atoms with Gasteiger partial charge in [-0.3, -0.25) is 14.9 Å². The van der Waals surface area contributed by atoms with Crippen molar-refractivity contribution in [2.75, 3.05) is 11.1 Å². The van der Waals surface area contributed by atoms with E-state index in [2.05, 4.69) is 36.3 Å². The number of benzene rings is 1. The molecule has 3 aromatic rings. The molecule has 0 fully saturated rings. The second-order valence-corrected chi connectivity index (χ2v) is 10.0. The van der Waals surface area contributed by atoms with Crippen molar-refractivity contribution in [1.29, 1.82) is 0 Å². The average molecular weight is 498 g/mol. The van der Waals surface area contributed by atoms with Gasteiger partial charge in [0.15, 0.2) is 7.85 Å². The highest BCUT2D eigenvalue weighted by Gasteiger charge is 2.35. The second-order valence-electron chi connectivity index (χ2n) is 10.0. The van der Waals surface area contributed by atoms with E-state index in [4.69, 9.17) is 23.8 Å². The van der Waals surface area contributed by atoms with E-state index < -0.39 is 23.7 Å². The highest BCUT2D eigenvalue weighted by atomic mass is 19.3. The molecule has 0 aliphatic heterocycles. The Hall–Kier alpha value is -3.70. The van der Waals surface area contributed by atoms with Gasteiger partial charge >= 0.3 is 0 Å². The van der Waals surface area contributed by atoms with Gasteiger partial charge in [-0.2, -0.15) is 5.10 Å². The zero-order valence-corrected chi connectivity index (χ0v) is 20.8. The lowest BCUT2D eigenvalue weighted by Crippen LogP contribution is -2.30. The van der Waals surface area contributed by atoms with Gasteiger partial charge in [0.25, 0.3) is 5.91 Å². The number of hydrogen-bond acceptors (Lipinski definition) is 6. The number of amides is 2. The summed E-state index contributed by atoms with van der Waals surface area (Å²) in [6.45, 7) is 9.06. The number of nitrogens with two attached hydrogens (primary N) is 2. The van der Waals surface area contributed by atoms with Crippen LogP contribution in [0.5, 0.6) is 0 Å². The van der Waals surface area contributed by atoms with Gasteiger partial charge in [0.1, 0.15) is 23.1 Å². The van der Waals surface area contributed by atoms with Crippen LogP contribution in [0, 0.1) is 5.41 Å². The van der Waals surface area contributed by atoms with Crippen LogP contribution in [0.25, 0.3) is 11.3 Å². The van der Waals surface area contributed by atoms with E-state index in [1.54, 1.807) is 37.3 Å². The number of nitrogens with zero attached hydrogens (tertiary/aromatic N) is 3. The average Bonchev–Trinajstić information content (AvgIpc) is 3.34. The quantitative estimate of drug-likeness (QED) is 0.403. The minimum absolute atomic E-state index is 0.0191. The molecule has 2 radical (unpaired) electrons. The number of rotatable bonds is 8. The Morgan fingerprint density at radius 3 is 2.33 bits per heavy atom. The molecule has 0 aliphatic carbocycles. The third-order valence-electron chi connectivity index (χ3n) is 5.71. The second kappa shape index (κ2) is 9.75. The third-order valence-corrected chi connectivity index (χ3v) is 5.71. The number of hydrogen-bond donors (Lipinski definition) is 3. The Bertz CT molecular complexity index is 1260. The largest absolute Gasteiger partial charge is 0.383 e. The fraction of sp³-hybridized carbons (Fsp3) is 0.417. The van der Waals surface area contributed by atoms with Crippen LogP contribution < -0.4 is 16.8 Å². The minimum atomic E-state index is -3.63. The van der Waals surface area contributed by atoms with Crippen molar-refractivity contribution in [3.05, 3.63) is 47.2 Å². The van der Waals surface area contributed by atoms with Gasteiger partial charge in [-0.25, -0.2) is 13.5 Å².